The molecule has 1 heterocycles. The predicted octanol–water partition coefficient (Wildman–Crippen LogP) is 2.48. The normalized spacial score (nSPS) is 21.7. The number of piperidine rings is 1. The molecular formula is C14H16F3N3O3. The number of halogens is 3. The topological polar surface area (TPSA) is 84.3 Å². The minimum Gasteiger partial charge on any atom is -0.348 e. The Labute approximate surface area is 130 Å². The summed E-state index contributed by atoms with van der Waals surface area (Å²) in [5, 5.41) is 16.8. The van der Waals surface area contributed by atoms with Gasteiger partial charge in [0.25, 0.3) is 11.6 Å². The van der Waals surface area contributed by atoms with Gasteiger partial charge in [-0.25, -0.2) is 0 Å². The Balaban J connectivity index is 2.27. The van der Waals surface area contributed by atoms with Crippen molar-refractivity contribution in [3.8, 4) is 0 Å². The van der Waals surface area contributed by atoms with E-state index in [4.69, 9.17) is 0 Å². The summed E-state index contributed by atoms with van der Waals surface area (Å²) in [7, 11) is 0. The van der Waals surface area contributed by atoms with Crippen LogP contribution in [0.1, 0.15) is 35.7 Å². The lowest BCUT2D eigenvalue weighted by Gasteiger charge is -2.30. The Kier molecular flexibility index (Phi) is 4.88. The fourth-order valence-electron chi connectivity index (χ4n) is 2.54. The molecular weight excluding hydrogens is 315 g/mol. The predicted molar refractivity (Wildman–Crippen MR) is 76.1 cm³/mol. The van der Waals surface area contributed by atoms with Gasteiger partial charge < -0.3 is 10.6 Å². The molecule has 1 aliphatic rings. The minimum absolute atomic E-state index is 0.0128. The average molecular weight is 331 g/mol. The lowest BCUT2D eigenvalue weighted by atomic mass is 9.99. The highest BCUT2D eigenvalue weighted by Gasteiger charge is 2.34. The van der Waals surface area contributed by atoms with Gasteiger partial charge >= 0.3 is 6.18 Å². The van der Waals surface area contributed by atoms with Gasteiger partial charge in [-0.3, -0.25) is 14.9 Å². The zero-order chi connectivity index (χ0) is 17.2. The van der Waals surface area contributed by atoms with Crippen molar-refractivity contribution in [1.29, 1.82) is 0 Å². The van der Waals surface area contributed by atoms with Gasteiger partial charge in [0.15, 0.2) is 0 Å². The van der Waals surface area contributed by atoms with E-state index in [1.807, 2.05) is 6.92 Å². The number of nitro groups is 1. The third kappa shape index (κ3) is 3.98. The Hall–Kier alpha value is -2.16. The summed E-state index contributed by atoms with van der Waals surface area (Å²) >= 11 is 0. The molecule has 0 bridgehead atoms. The molecule has 0 aromatic heterocycles. The second-order valence-corrected chi connectivity index (χ2v) is 5.45. The lowest BCUT2D eigenvalue weighted by Crippen LogP contribution is -2.51. The maximum Gasteiger partial charge on any atom is 0.416 e. The Morgan fingerprint density at radius 1 is 1.43 bits per heavy atom. The van der Waals surface area contributed by atoms with Gasteiger partial charge in [-0.2, -0.15) is 13.2 Å². The Morgan fingerprint density at radius 2 is 2.13 bits per heavy atom. The average Bonchev–Trinajstić information content (AvgIpc) is 2.48. The molecule has 126 valence electrons. The molecule has 1 fully saturated rings. The van der Waals surface area contributed by atoms with Crippen molar-refractivity contribution in [1.82, 2.24) is 10.6 Å². The third-order valence-electron chi connectivity index (χ3n) is 3.84. The summed E-state index contributed by atoms with van der Waals surface area (Å²) in [6.45, 7) is 2.68. The molecule has 1 aromatic carbocycles. The van der Waals surface area contributed by atoms with Crippen molar-refractivity contribution in [2.24, 2.45) is 0 Å². The van der Waals surface area contributed by atoms with Crippen LogP contribution in [0.15, 0.2) is 18.2 Å². The number of amides is 1. The maximum absolute atomic E-state index is 12.7. The highest BCUT2D eigenvalue weighted by molar-refractivity contribution is 5.98. The van der Waals surface area contributed by atoms with Crippen molar-refractivity contribution in [2.45, 2.75) is 38.0 Å². The standard InChI is InChI=1S/C14H16F3N3O3/c1-8-11(3-2-6-18-8)19-13(21)10-5-4-9(14(15,16)17)7-12(10)20(22)23/h4-5,7-8,11,18H,2-3,6H2,1H3,(H,19,21). The van der Waals surface area contributed by atoms with Crippen LogP contribution in [0.4, 0.5) is 18.9 Å². The fourth-order valence-corrected chi connectivity index (χ4v) is 2.54. The van der Waals surface area contributed by atoms with Crippen LogP contribution >= 0.6 is 0 Å². The molecule has 6 nitrogen and oxygen atoms in total. The quantitative estimate of drug-likeness (QED) is 0.658. The van der Waals surface area contributed by atoms with Crippen molar-refractivity contribution in [2.75, 3.05) is 6.54 Å². The largest absolute Gasteiger partial charge is 0.416 e. The summed E-state index contributed by atoms with van der Waals surface area (Å²) in [4.78, 5) is 22.2. The molecule has 9 heteroatoms. The van der Waals surface area contributed by atoms with Crippen LogP contribution in [0.5, 0.6) is 0 Å². The molecule has 0 spiro atoms. The van der Waals surface area contributed by atoms with E-state index in [1.54, 1.807) is 0 Å². The van der Waals surface area contributed by atoms with Gasteiger partial charge in [0.1, 0.15) is 5.56 Å². The van der Waals surface area contributed by atoms with Gasteiger partial charge in [-0.15, -0.1) is 0 Å². The summed E-state index contributed by atoms with van der Waals surface area (Å²) in [5.41, 5.74) is -2.39. The zero-order valence-corrected chi connectivity index (χ0v) is 12.3. The van der Waals surface area contributed by atoms with Crippen LogP contribution in [0.3, 0.4) is 0 Å². The van der Waals surface area contributed by atoms with Crippen molar-refractivity contribution in [3.63, 3.8) is 0 Å². The first-order valence-corrected chi connectivity index (χ1v) is 7.10. The first-order valence-electron chi connectivity index (χ1n) is 7.10. The number of alkyl halides is 3. The number of carbonyl (C=O) groups is 1. The summed E-state index contributed by atoms with van der Waals surface area (Å²) < 4.78 is 38.0. The van der Waals surface area contributed by atoms with Gasteiger partial charge in [-0.1, -0.05) is 0 Å². The van der Waals surface area contributed by atoms with E-state index in [0.717, 1.165) is 19.0 Å². The molecule has 2 rings (SSSR count). The molecule has 0 aliphatic carbocycles. The van der Waals surface area contributed by atoms with Crippen molar-refractivity contribution in [3.05, 3.63) is 39.4 Å². The van der Waals surface area contributed by atoms with Crippen LogP contribution in [-0.4, -0.2) is 29.5 Å². The number of nitro benzene ring substituents is 1. The number of hydrogen-bond acceptors (Lipinski definition) is 4. The van der Waals surface area contributed by atoms with Crippen molar-refractivity contribution < 1.29 is 22.9 Å². The van der Waals surface area contributed by atoms with Crippen LogP contribution in [0.2, 0.25) is 0 Å². The summed E-state index contributed by atoms with van der Waals surface area (Å²) in [5.74, 6) is -0.744. The van der Waals surface area contributed by atoms with Crippen LogP contribution < -0.4 is 10.6 Å². The smallest absolute Gasteiger partial charge is 0.348 e. The SMILES string of the molecule is CC1NCCCC1NC(=O)c1ccc(C(F)(F)F)cc1[N+](=O)[O-]. The Morgan fingerprint density at radius 3 is 2.70 bits per heavy atom. The van der Waals surface area contributed by atoms with E-state index >= 15 is 0 Å². The molecule has 2 atom stereocenters. The molecule has 1 amide bonds. The number of rotatable bonds is 3. The zero-order valence-electron chi connectivity index (χ0n) is 12.3. The van der Waals surface area contributed by atoms with E-state index in [2.05, 4.69) is 10.6 Å². The highest BCUT2D eigenvalue weighted by atomic mass is 19.4. The molecule has 1 aromatic rings. The number of hydrogen-bond donors (Lipinski definition) is 2. The number of nitrogens with zero attached hydrogens (tertiary/aromatic N) is 1. The number of benzene rings is 1. The maximum atomic E-state index is 12.7. The molecule has 2 unspecified atom stereocenters. The van der Waals surface area contributed by atoms with Gasteiger partial charge in [0.05, 0.1) is 10.5 Å². The molecule has 1 aliphatic heterocycles. The summed E-state index contributed by atoms with van der Waals surface area (Å²) in [6.07, 6.45) is -3.17. The van der Waals surface area contributed by atoms with Gasteiger partial charge in [0, 0.05) is 18.2 Å². The number of carbonyl (C=O) groups excluding carboxylic acids is 1. The molecule has 0 radical (unpaired) electrons. The van der Waals surface area contributed by atoms with Crippen LogP contribution in [0, 0.1) is 10.1 Å². The first-order chi connectivity index (χ1) is 10.7. The Bertz CT molecular complexity index is 619. The lowest BCUT2D eigenvalue weighted by molar-refractivity contribution is -0.385. The second kappa shape index (κ2) is 6.53. The van der Waals surface area contributed by atoms with Gasteiger partial charge in [0.2, 0.25) is 0 Å². The van der Waals surface area contributed by atoms with E-state index in [1.165, 1.54) is 0 Å². The van der Waals surface area contributed by atoms with E-state index in [-0.39, 0.29) is 17.6 Å². The fraction of sp³-hybridized carbons (Fsp3) is 0.500. The third-order valence-corrected chi connectivity index (χ3v) is 3.84. The molecule has 1 saturated heterocycles. The highest BCUT2D eigenvalue weighted by Crippen LogP contribution is 2.33. The van der Waals surface area contributed by atoms with Gasteiger partial charge in [-0.05, 0) is 38.4 Å². The summed E-state index contributed by atoms with van der Waals surface area (Å²) in [6, 6.07) is 1.67. The van der Waals surface area contributed by atoms with Crippen LogP contribution in [-0.2, 0) is 6.18 Å². The minimum atomic E-state index is -4.71. The first kappa shape index (κ1) is 17.2. The van der Waals surface area contributed by atoms with E-state index < -0.39 is 28.3 Å². The van der Waals surface area contributed by atoms with E-state index in [9.17, 15) is 28.1 Å². The monoisotopic (exact) mass is 331 g/mol. The van der Waals surface area contributed by atoms with Crippen LogP contribution in [0.25, 0.3) is 0 Å². The number of nitrogens with one attached hydrogen (secondary N) is 2. The second-order valence-electron chi connectivity index (χ2n) is 5.45. The van der Waals surface area contributed by atoms with E-state index in [0.29, 0.717) is 18.6 Å². The molecule has 23 heavy (non-hydrogen) atoms. The molecule has 0 saturated carbocycles. The van der Waals surface area contributed by atoms with Crippen molar-refractivity contribution >= 4 is 11.6 Å². The molecule has 2 N–H and O–H groups in total.